The maximum absolute atomic E-state index is 11.4. The van der Waals surface area contributed by atoms with Crippen LogP contribution in [-0.4, -0.2) is 22.9 Å². The first kappa shape index (κ1) is 9.51. The second kappa shape index (κ2) is 3.27. The second-order valence-corrected chi connectivity index (χ2v) is 3.21. The molecule has 5 nitrogen and oxygen atoms in total. The van der Waals surface area contributed by atoms with Crippen LogP contribution in [0.3, 0.4) is 0 Å². The van der Waals surface area contributed by atoms with E-state index in [1.165, 1.54) is 7.11 Å². The highest BCUT2D eigenvalue weighted by molar-refractivity contribution is 6.05. The first-order valence-electron chi connectivity index (χ1n) is 4.44. The summed E-state index contributed by atoms with van der Waals surface area (Å²) in [6.45, 7) is 0. The minimum absolute atomic E-state index is 0.294. The van der Waals surface area contributed by atoms with Crippen molar-refractivity contribution in [2.75, 3.05) is 12.8 Å². The van der Waals surface area contributed by atoms with Crippen LogP contribution in [0, 0.1) is 0 Å². The molecular weight excluding hydrogens is 194 g/mol. The van der Waals surface area contributed by atoms with Crippen molar-refractivity contribution >= 4 is 22.6 Å². The molecule has 0 atom stereocenters. The van der Waals surface area contributed by atoms with Gasteiger partial charge < -0.3 is 10.5 Å². The monoisotopic (exact) mass is 205 g/mol. The van der Waals surface area contributed by atoms with E-state index in [9.17, 15) is 4.79 Å². The number of methoxy groups -OCH3 is 1. The Morgan fingerprint density at radius 3 is 2.93 bits per heavy atom. The van der Waals surface area contributed by atoms with Crippen molar-refractivity contribution in [3.8, 4) is 0 Å². The number of fused-ring (bicyclic) bond motifs is 1. The topological polar surface area (TPSA) is 70.1 Å². The quantitative estimate of drug-likeness (QED) is 0.555. The Hall–Kier alpha value is -2.04. The number of esters is 1. The number of aryl methyl sites for hydroxylation is 1. The summed E-state index contributed by atoms with van der Waals surface area (Å²) in [6, 6.07) is 5.35. The van der Waals surface area contributed by atoms with Gasteiger partial charge in [0.2, 0.25) is 0 Å². The summed E-state index contributed by atoms with van der Waals surface area (Å²) in [4.78, 5) is 11.4. The molecule has 0 aliphatic rings. The largest absolute Gasteiger partial charge is 0.464 e. The SMILES string of the molecule is COC(=O)c1nn(C)c2c(N)cccc12. The molecule has 1 aromatic carbocycles. The zero-order chi connectivity index (χ0) is 11.0. The average Bonchev–Trinajstić information content (AvgIpc) is 2.56. The molecule has 0 saturated heterocycles. The Bertz CT molecular complexity index is 531. The van der Waals surface area contributed by atoms with Crippen LogP contribution < -0.4 is 5.73 Å². The number of para-hydroxylation sites is 1. The van der Waals surface area contributed by atoms with E-state index in [0.29, 0.717) is 16.8 Å². The molecule has 5 heteroatoms. The van der Waals surface area contributed by atoms with Crippen LogP contribution in [0.2, 0.25) is 0 Å². The summed E-state index contributed by atoms with van der Waals surface area (Å²) in [7, 11) is 3.07. The molecule has 0 amide bonds. The number of hydrogen-bond donors (Lipinski definition) is 1. The lowest BCUT2D eigenvalue weighted by atomic mass is 10.2. The predicted molar refractivity (Wildman–Crippen MR) is 56.5 cm³/mol. The fourth-order valence-electron chi connectivity index (χ4n) is 1.61. The summed E-state index contributed by atoms with van der Waals surface area (Å²) in [5.41, 5.74) is 7.44. The van der Waals surface area contributed by atoms with Gasteiger partial charge in [-0.15, -0.1) is 0 Å². The standard InChI is InChI=1S/C10H11N3O2/c1-13-9-6(4-3-5-7(9)11)8(12-13)10(14)15-2/h3-5H,11H2,1-2H3. The second-order valence-electron chi connectivity index (χ2n) is 3.21. The first-order valence-corrected chi connectivity index (χ1v) is 4.44. The summed E-state index contributed by atoms with van der Waals surface area (Å²) in [6.07, 6.45) is 0. The molecule has 0 fully saturated rings. The molecular formula is C10H11N3O2. The number of hydrogen-bond acceptors (Lipinski definition) is 4. The molecule has 1 heterocycles. The number of nitrogens with zero attached hydrogens (tertiary/aromatic N) is 2. The molecule has 0 unspecified atom stereocenters. The highest BCUT2D eigenvalue weighted by atomic mass is 16.5. The van der Waals surface area contributed by atoms with Gasteiger partial charge >= 0.3 is 5.97 Å². The molecule has 2 aromatic rings. The van der Waals surface area contributed by atoms with Gasteiger partial charge in [-0.25, -0.2) is 4.79 Å². The predicted octanol–water partition coefficient (Wildman–Crippen LogP) is 0.942. The molecule has 2 N–H and O–H groups in total. The van der Waals surface area contributed by atoms with Gasteiger partial charge in [-0.05, 0) is 6.07 Å². The van der Waals surface area contributed by atoms with Gasteiger partial charge in [0, 0.05) is 12.4 Å². The highest BCUT2D eigenvalue weighted by Crippen LogP contribution is 2.23. The number of benzene rings is 1. The molecule has 0 aliphatic carbocycles. The van der Waals surface area contributed by atoms with Crippen LogP contribution in [0.4, 0.5) is 5.69 Å². The van der Waals surface area contributed by atoms with E-state index < -0.39 is 5.97 Å². The fraction of sp³-hybridized carbons (Fsp3) is 0.200. The lowest BCUT2D eigenvalue weighted by molar-refractivity contribution is 0.0595. The van der Waals surface area contributed by atoms with E-state index in [1.54, 1.807) is 29.9 Å². The Morgan fingerprint density at radius 1 is 1.53 bits per heavy atom. The number of ether oxygens (including phenoxy) is 1. The van der Waals surface area contributed by atoms with Gasteiger partial charge in [0.05, 0.1) is 18.3 Å². The van der Waals surface area contributed by atoms with Crippen molar-refractivity contribution in [1.82, 2.24) is 9.78 Å². The van der Waals surface area contributed by atoms with Crippen LogP contribution in [-0.2, 0) is 11.8 Å². The Balaban J connectivity index is 2.79. The number of anilines is 1. The van der Waals surface area contributed by atoms with E-state index in [0.717, 1.165) is 5.52 Å². The van der Waals surface area contributed by atoms with Crippen molar-refractivity contribution < 1.29 is 9.53 Å². The first-order chi connectivity index (χ1) is 7.15. The van der Waals surface area contributed by atoms with Gasteiger partial charge in [0.25, 0.3) is 0 Å². The van der Waals surface area contributed by atoms with Gasteiger partial charge in [-0.3, -0.25) is 4.68 Å². The maximum Gasteiger partial charge on any atom is 0.359 e. The third-order valence-corrected chi connectivity index (χ3v) is 2.27. The lowest BCUT2D eigenvalue weighted by Gasteiger charge is -1.97. The third-order valence-electron chi connectivity index (χ3n) is 2.27. The van der Waals surface area contributed by atoms with Crippen molar-refractivity contribution in [2.45, 2.75) is 0 Å². The number of carbonyl (C=O) groups excluding carboxylic acids is 1. The fourth-order valence-corrected chi connectivity index (χ4v) is 1.61. The summed E-state index contributed by atoms with van der Waals surface area (Å²) in [5, 5.41) is 4.80. The van der Waals surface area contributed by atoms with Crippen molar-refractivity contribution in [1.29, 1.82) is 0 Å². The maximum atomic E-state index is 11.4. The molecule has 78 valence electrons. The average molecular weight is 205 g/mol. The molecule has 0 bridgehead atoms. The smallest absolute Gasteiger partial charge is 0.359 e. The van der Waals surface area contributed by atoms with Crippen LogP contribution in [0.5, 0.6) is 0 Å². The minimum Gasteiger partial charge on any atom is -0.464 e. The summed E-state index contributed by atoms with van der Waals surface area (Å²) < 4.78 is 6.22. The van der Waals surface area contributed by atoms with E-state index in [1.807, 2.05) is 0 Å². The van der Waals surface area contributed by atoms with Crippen LogP contribution in [0.15, 0.2) is 18.2 Å². The van der Waals surface area contributed by atoms with E-state index >= 15 is 0 Å². The molecule has 0 spiro atoms. The normalized spacial score (nSPS) is 10.5. The van der Waals surface area contributed by atoms with Crippen molar-refractivity contribution in [3.63, 3.8) is 0 Å². The molecule has 0 saturated carbocycles. The van der Waals surface area contributed by atoms with E-state index in [-0.39, 0.29) is 0 Å². The number of nitrogen functional groups attached to an aromatic ring is 1. The van der Waals surface area contributed by atoms with Crippen LogP contribution in [0.25, 0.3) is 10.9 Å². The number of rotatable bonds is 1. The molecule has 0 aliphatic heterocycles. The van der Waals surface area contributed by atoms with Crippen LogP contribution in [0.1, 0.15) is 10.5 Å². The lowest BCUT2D eigenvalue weighted by Crippen LogP contribution is -2.03. The minimum atomic E-state index is -0.453. The zero-order valence-corrected chi connectivity index (χ0v) is 8.52. The number of carbonyl (C=O) groups is 1. The van der Waals surface area contributed by atoms with Gasteiger partial charge in [-0.1, -0.05) is 12.1 Å². The number of aromatic nitrogens is 2. The van der Waals surface area contributed by atoms with Crippen molar-refractivity contribution in [2.24, 2.45) is 7.05 Å². The Kier molecular flexibility index (Phi) is 2.07. The zero-order valence-electron chi connectivity index (χ0n) is 8.52. The highest BCUT2D eigenvalue weighted by Gasteiger charge is 2.17. The third kappa shape index (κ3) is 1.32. The molecule has 2 rings (SSSR count). The summed E-state index contributed by atoms with van der Waals surface area (Å²) in [5.74, 6) is -0.453. The van der Waals surface area contributed by atoms with Crippen LogP contribution >= 0.6 is 0 Å². The Morgan fingerprint density at radius 2 is 2.27 bits per heavy atom. The Labute approximate surface area is 86.4 Å². The molecule has 1 aromatic heterocycles. The number of nitrogens with two attached hydrogens (primary N) is 1. The van der Waals surface area contributed by atoms with Gasteiger partial charge in [-0.2, -0.15) is 5.10 Å². The van der Waals surface area contributed by atoms with Gasteiger partial charge in [0.1, 0.15) is 0 Å². The molecule has 0 radical (unpaired) electrons. The van der Waals surface area contributed by atoms with E-state index in [4.69, 9.17) is 5.73 Å². The molecule has 15 heavy (non-hydrogen) atoms. The van der Waals surface area contributed by atoms with Gasteiger partial charge in [0.15, 0.2) is 5.69 Å². The van der Waals surface area contributed by atoms with Crippen molar-refractivity contribution in [3.05, 3.63) is 23.9 Å². The van der Waals surface area contributed by atoms with E-state index in [2.05, 4.69) is 9.84 Å². The summed E-state index contributed by atoms with van der Waals surface area (Å²) >= 11 is 0.